The molecule has 0 saturated carbocycles. The molecule has 0 amide bonds. The van der Waals surface area contributed by atoms with Crippen molar-refractivity contribution < 1.29 is 12.6 Å². The monoisotopic (exact) mass is 268 g/mol. The van der Waals surface area contributed by atoms with Gasteiger partial charge in [0.25, 0.3) is 0 Å². The molecule has 16 heavy (non-hydrogen) atoms. The number of hydrogen-bond acceptors (Lipinski definition) is 6. The van der Waals surface area contributed by atoms with Gasteiger partial charge in [-0.05, 0) is 6.07 Å². The molecule has 0 spiro atoms. The molecular formula is C8H12ClN3O3S. The second-order valence-corrected chi connectivity index (χ2v) is 4.02. The molecule has 0 unspecified atom stereocenters. The zero-order valence-electron chi connectivity index (χ0n) is 10.1. The smallest absolute Gasteiger partial charge is 0.351 e. The molecule has 1 aliphatic heterocycles. The highest BCUT2D eigenvalue weighted by Gasteiger charge is 2.27. The van der Waals surface area contributed by atoms with Crippen molar-refractivity contribution in [3.05, 3.63) is 22.7 Å². The van der Waals surface area contributed by atoms with Crippen molar-refractivity contribution in [3.8, 4) is 0 Å². The van der Waals surface area contributed by atoms with Crippen LogP contribution in [0.1, 0.15) is 8.97 Å². The second kappa shape index (κ2) is 5.53. The molecule has 6 nitrogen and oxygen atoms in total. The quantitative estimate of drug-likeness (QED) is 0.724. The summed E-state index contributed by atoms with van der Waals surface area (Å²) in [5.41, 5.74) is 3.78. The molecule has 1 aromatic rings. The first-order chi connectivity index (χ1) is 7.88. The lowest BCUT2D eigenvalue weighted by Gasteiger charge is -2.13. The molecule has 1 aromatic heterocycles. The molecule has 1 fully saturated rings. The Labute approximate surface area is 105 Å². The average Bonchev–Trinajstić information content (AvgIpc) is 2.65. The van der Waals surface area contributed by atoms with Gasteiger partial charge in [0.05, 0.1) is 9.30 Å². The summed E-state index contributed by atoms with van der Waals surface area (Å²) in [6.45, 7) is -2.44. The van der Waals surface area contributed by atoms with Crippen molar-refractivity contribution in [1.82, 2.24) is 9.55 Å². The SMILES string of the molecule is Cl.[2H]C([2H])(O)[C@@H]1O[C@H](n2ccc([15NH2])nc2=O)CS1. The fourth-order valence-electron chi connectivity index (χ4n) is 1.25. The summed E-state index contributed by atoms with van der Waals surface area (Å²) in [6.07, 6.45) is 0.790. The first-order valence-corrected chi connectivity index (χ1v) is 5.27. The van der Waals surface area contributed by atoms with Crippen molar-refractivity contribution in [1.29, 1.82) is 0 Å². The van der Waals surface area contributed by atoms with E-state index in [-0.39, 0.29) is 18.2 Å². The van der Waals surface area contributed by atoms with Crippen LogP contribution in [0.15, 0.2) is 17.1 Å². The lowest BCUT2D eigenvalue weighted by Crippen LogP contribution is -2.28. The zero-order valence-corrected chi connectivity index (χ0v) is 9.70. The summed E-state index contributed by atoms with van der Waals surface area (Å²) in [4.78, 5) is 15.1. The van der Waals surface area contributed by atoms with Crippen LogP contribution in [0.4, 0.5) is 5.82 Å². The summed E-state index contributed by atoms with van der Waals surface area (Å²) < 4.78 is 20.7. The van der Waals surface area contributed by atoms with E-state index < -0.39 is 23.9 Å². The van der Waals surface area contributed by atoms with Crippen molar-refractivity contribution in [3.63, 3.8) is 0 Å². The van der Waals surface area contributed by atoms with Gasteiger partial charge in [0, 0.05) is 11.9 Å². The van der Waals surface area contributed by atoms with Crippen molar-refractivity contribution in [2.45, 2.75) is 11.7 Å². The van der Waals surface area contributed by atoms with Crippen LogP contribution >= 0.6 is 24.2 Å². The van der Waals surface area contributed by atoms with Crippen LogP contribution in [0.5, 0.6) is 0 Å². The summed E-state index contributed by atoms with van der Waals surface area (Å²) in [5, 5.41) is 9.16. The van der Waals surface area contributed by atoms with E-state index in [9.17, 15) is 4.79 Å². The summed E-state index contributed by atoms with van der Waals surface area (Å²) in [6, 6.07) is 1.45. The molecule has 2 heterocycles. The largest absolute Gasteiger partial charge is 0.393 e. The minimum atomic E-state index is -2.44. The molecule has 2 rings (SSSR count). The van der Waals surface area contributed by atoms with Crippen molar-refractivity contribution in [2.24, 2.45) is 0 Å². The highest BCUT2D eigenvalue weighted by atomic mass is 35.5. The van der Waals surface area contributed by atoms with E-state index in [0.717, 1.165) is 11.8 Å². The Morgan fingerprint density at radius 2 is 2.62 bits per heavy atom. The number of halogens is 1. The molecule has 8 heteroatoms. The molecule has 0 aliphatic carbocycles. The van der Waals surface area contributed by atoms with Crippen LogP contribution in [-0.4, -0.2) is 32.4 Å². The summed E-state index contributed by atoms with van der Waals surface area (Å²) in [7, 11) is 0. The van der Waals surface area contributed by atoms with Crippen LogP contribution in [-0.2, 0) is 4.74 Å². The van der Waals surface area contributed by atoms with Gasteiger partial charge in [-0.15, -0.1) is 24.2 Å². The van der Waals surface area contributed by atoms with Gasteiger partial charge in [0.15, 0.2) is 0 Å². The van der Waals surface area contributed by atoms with E-state index in [2.05, 4.69) is 4.98 Å². The van der Waals surface area contributed by atoms with Crippen LogP contribution < -0.4 is 11.4 Å². The van der Waals surface area contributed by atoms with Crippen LogP contribution in [0.3, 0.4) is 0 Å². The number of rotatable bonds is 2. The lowest BCUT2D eigenvalue weighted by molar-refractivity contribution is -0.00629. The highest BCUT2D eigenvalue weighted by Crippen LogP contribution is 2.30. The molecule has 90 valence electrons. The van der Waals surface area contributed by atoms with Crippen molar-refractivity contribution >= 4 is 30.0 Å². The van der Waals surface area contributed by atoms with E-state index in [0.29, 0.717) is 5.75 Å². The second-order valence-electron chi connectivity index (χ2n) is 2.93. The molecule has 2 atom stereocenters. The number of aliphatic hydroxyl groups is 1. The van der Waals surface area contributed by atoms with E-state index in [1.54, 1.807) is 0 Å². The molecular weight excluding hydrogens is 255 g/mol. The maximum absolute atomic E-state index is 11.5. The van der Waals surface area contributed by atoms with Gasteiger partial charge in [-0.2, -0.15) is 4.98 Å². The summed E-state index contributed by atoms with van der Waals surface area (Å²) >= 11 is 1.10. The molecule has 3 N–H and O–H groups in total. The Morgan fingerprint density at radius 1 is 1.88 bits per heavy atom. The zero-order chi connectivity index (χ0) is 12.6. The molecule has 0 bridgehead atoms. The Balaban J connectivity index is 0.00000162. The minimum Gasteiger partial charge on any atom is -0.393 e. The maximum atomic E-state index is 11.5. The molecule has 0 aromatic carbocycles. The molecule has 1 saturated heterocycles. The van der Waals surface area contributed by atoms with Gasteiger partial charge < -0.3 is 15.6 Å². The van der Waals surface area contributed by atoms with Gasteiger partial charge in [-0.1, -0.05) is 0 Å². The fourth-order valence-corrected chi connectivity index (χ4v) is 2.11. The average molecular weight is 269 g/mol. The fraction of sp³-hybridized carbons (Fsp3) is 0.500. The van der Waals surface area contributed by atoms with Crippen LogP contribution in [0, 0.1) is 0 Å². The number of thioether (sulfide) groups is 1. The highest BCUT2D eigenvalue weighted by molar-refractivity contribution is 8.00. The predicted octanol–water partition coefficient (Wildman–Crippen LogP) is -0.172. The van der Waals surface area contributed by atoms with Gasteiger partial charge in [-0.3, -0.25) is 4.57 Å². The number of nitrogens with zero attached hydrogens (tertiary/aromatic N) is 2. The third kappa shape index (κ3) is 2.67. The maximum Gasteiger partial charge on any atom is 0.351 e. The molecule has 1 aliphatic rings. The van der Waals surface area contributed by atoms with E-state index in [1.165, 1.54) is 16.8 Å². The van der Waals surface area contributed by atoms with Gasteiger partial charge in [0.1, 0.15) is 17.5 Å². The van der Waals surface area contributed by atoms with E-state index >= 15 is 0 Å². The van der Waals surface area contributed by atoms with Crippen LogP contribution in [0.25, 0.3) is 0 Å². The third-order valence-electron chi connectivity index (χ3n) is 1.94. The number of nitrogens with two attached hydrogens (primary N) is 1. The van der Waals surface area contributed by atoms with E-state index in [4.69, 9.17) is 18.3 Å². The predicted molar refractivity (Wildman–Crippen MR) is 63.6 cm³/mol. The lowest BCUT2D eigenvalue weighted by atomic mass is 10.5. The van der Waals surface area contributed by atoms with Gasteiger partial charge >= 0.3 is 5.69 Å². The standard InChI is InChI=1S/C8H11N3O3S.ClH/c9-5-1-2-11(8(13)10-5)6-4-15-7(3-12)14-6;/h1-2,6-7,12H,3-4H2,(H2,9,10,13);1H/t6-,7+;/m0./s1/i3D2,9+1;. The number of aromatic nitrogens is 2. The normalized spacial score (nSPS) is 26.8. The third-order valence-corrected chi connectivity index (χ3v) is 2.93. The number of ether oxygens (including phenoxy) is 1. The Kier molecular flexibility index (Phi) is 3.60. The van der Waals surface area contributed by atoms with Gasteiger partial charge in [-0.25, -0.2) is 4.79 Å². The Morgan fingerprint density at radius 3 is 3.19 bits per heavy atom. The van der Waals surface area contributed by atoms with E-state index in [1.807, 2.05) is 0 Å². The topological polar surface area (TPSA) is 90.4 Å². The summed E-state index contributed by atoms with van der Waals surface area (Å²) in [5.74, 6) is 0.474. The number of hydrogen-bond donors (Lipinski definition) is 2. The first-order valence-electron chi connectivity index (χ1n) is 5.22. The number of anilines is 1. The van der Waals surface area contributed by atoms with Gasteiger partial charge in [0.2, 0.25) is 0 Å². The van der Waals surface area contributed by atoms with Crippen LogP contribution in [0.2, 0.25) is 0 Å². The Hall–Kier alpha value is -0.760. The molecule has 0 radical (unpaired) electrons. The number of nitrogen functional groups attached to an aromatic ring is 1. The minimum absolute atomic E-state index is 0. The first kappa shape index (κ1) is 10.4. The van der Waals surface area contributed by atoms with Crippen molar-refractivity contribution in [2.75, 3.05) is 18.0 Å². The Bertz CT molecular complexity index is 481.